The van der Waals surface area contributed by atoms with Crippen molar-refractivity contribution in [3.05, 3.63) is 82.6 Å². The number of fused-ring (bicyclic) bond motifs is 2. The summed E-state index contributed by atoms with van der Waals surface area (Å²) in [4.78, 5) is 13.0. The number of nitrogens with zero attached hydrogens (tertiary/aromatic N) is 2. The summed E-state index contributed by atoms with van der Waals surface area (Å²) in [6.45, 7) is 17.2. The van der Waals surface area contributed by atoms with E-state index in [1.165, 1.54) is 12.1 Å². The maximum absolute atomic E-state index is 12.0. The summed E-state index contributed by atoms with van der Waals surface area (Å²) >= 11 is 0. The van der Waals surface area contributed by atoms with Gasteiger partial charge in [0.15, 0.2) is 13.1 Å². The monoisotopic (exact) mass is 893 g/mol. The van der Waals surface area contributed by atoms with E-state index in [4.69, 9.17) is 37.9 Å². The van der Waals surface area contributed by atoms with Crippen LogP contribution in [0, 0.1) is 0 Å². The van der Waals surface area contributed by atoms with Gasteiger partial charge in [-0.2, -0.15) is 0 Å². The fourth-order valence-corrected chi connectivity index (χ4v) is 7.57. The average molecular weight is 894 g/mol. The Bertz CT molecular complexity index is 2050. The summed E-state index contributed by atoms with van der Waals surface area (Å²) in [7, 11) is -1.38. The van der Waals surface area contributed by atoms with Gasteiger partial charge in [-0.25, -0.2) is 13.0 Å². The van der Waals surface area contributed by atoms with Crippen molar-refractivity contribution in [3.8, 4) is 11.3 Å². The van der Waals surface area contributed by atoms with Crippen LogP contribution >= 0.6 is 0 Å². The third-order valence-electron chi connectivity index (χ3n) is 10.5. The zero-order valence-electron chi connectivity index (χ0n) is 38.0. The number of allylic oxidation sites excluding steroid dienone is 3. The molecule has 0 unspecified atom stereocenters. The number of hydrogen-bond donors (Lipinski definition) is 1. The van der Waals surface area contributed by atoms with Gasteiger partial charge >= 0.3 is 35.5 Å². The van der Waals surface area contributed by atoms with Crippen molar-refractivity contribution >= 4 is 27.9 Å². The van der Waals surface area contributed by atoms with Crippen molar-refractivity contribution in [1.82, 2.24) is 4.58 Å². The third-order valence-corrected chi connectivity index (χ3v) is 11.3. The van der Waals surface area contributed by atoms with Gasteiger partial charge in [0.25, 0.3) is 0 Å². The number of ether oxygens (including phenoxy) is 6. The van der Waals surface area contributed by atoms with Crippen LogP contribution in [0.3, 0.4) is 0 Å². The van der Waals surface area contributed by atoms with Crippen LogP contribution in [0.25, 0.3) is 17.4 Å². The van der Waals surface area contributed by atoms with E-state index in [1.807, 2.05) is 26.0 Å². The van der Waals surface area contributed by atoms with Gasteiger partial charge in [-0.05, 0) is 60.4 Å². The molecular formula is C46H66N2NaO12S+. The van der Waals surface area contributed by atoms with E-state index in [-0.39, 0.29) is 46.3 Å². The number of unbranched alkanes of at least 4 members (excludes halogenated alkanes) is 2. The Morgan fingerprint density at radius 3 is 2.00 bits per heavy atom. The van der Waals surface area contributed by atoms with Crippen LogP contribution in [-0.4, -0.2) is 124 Å². The number of anilines is 1. The predicted molar refractivity (Wildman–Crippen MR) is 234 cm³/mol. The molecule has 0 fully saturated rings. The van der Waals surface area contributed by atoms with Crippen LogP contribution in [0.15, 0.2) is 69.6 Å². The fraction of sp³-hybridized carbons (Fsp3) is 0.565. The SMILES string of the molecule is COCCOCCOCC[N+](CCOCCOCCOC)=c1ccc2c(/C=C/C=C3/N(CCCCCC(=O)O)c4ccc(S(=O)(=O)[O-])cc4C3(C)C)cc(C(C)(C)C)oc-2c1.[Na+]. The van der Waals surface area contributed by atoms with Gasteiger partial charge in [-0.1, -0.05) is 53.2 Å². The normalized spacial score (nSPS) is 14.5. The molecule has 338 valence electrons. The molecule has 14 nitrogen and oxygen atoms in total. The van der Waals surface area contributed by atoms with E-state index in [1.54, 1.807) is 20.3 Å². The van der Waals surface area contributed by atoms with Gasteiger partial charge in [0.2, 0.25) is 5.36 Å². The molecule has 2 heterocycles. The van der Waals surface area contributed by atoms with Gasteiger partial charge in [0, 0.05) is 61.0 Å². The number of aliphatic carboxylic acids is 1. The van der Waals surface area contributed by atoms with E-state index in [9.17, 15) is 17.8 Å². The van der Waals surface area contributed by atoms with Gasteiger partial charge < -0.3 is 47.4 Å². The van der Waals surface area contributed by atoms with Crippen LogP contribution < -0.4 is 44.4 Å². The van der Waals surface area contributed by atoms with Crippen LogP contribution in [0.5, 0.6) is 0 Å². The first-order chi connectivity index (χ1) is 29.1. The Hall–Kier alpha value is -2.93. The van der Waals surface area contributed by atoms with Crippen molar-refractivity contribution < 1.29 is 85.3 Å². The Kier molecular flexibility index (Phi) is 22.5. The second kappa shape index (κ2) is 26.1. The molecule has 1 aromatic carbocycles. The number of carbonyl (C=O) groups is 1. The molecule has 0 saturated carbocycles. The Labute approximate surface area is 390 Å². The first-order valence-corrected chi connectivity index (χ1v) is 22.4. The summed E-state index contributed by atoms with van der Waals surface area (Å²) in [5.41, 5.74) is 3.46. The quantitative estimate of drug-likeness (QED) is 0.0514. The molecule has 0 radical (unpaired) electrons. The van der Waals surface area contributed by atoms with E-state index in [0.717, 1.165) is 57.8 Å². The number of benzene rings is 2. The fourth-order valence-electron chi connectivity index (χ4n) is 7.07. The molecule has 0 aromatic heterocycles. The molecule has 0 bridgehead atoms. The van der Waals surface area contributed by atoms with E-state index in [0.29, 0.717) is 92.1 Å². The first kappa shape index (κ1) is 53.4. The molecule has 1 aliphatic carbocycles. The number of rotatable bonds is 27. The number of methoxy groups -OCH3 is 2. The van der Waals surface area contributed by atoms with E-state index < -0.39 is 21.5 Å². The molecule has 0 spiro atoms. The number of carboxylic acids is 1. The Morgan fingerprint density at radius 2 is 1.44 bits per heavy atom. The Morgan fingerprint density at radius 1 is 0.839 bits per heavy atom. The molecule has 0 saturated heterocycles. The summed E-state index contributed by atoms with van der Waals surface area (Å²) in [6, 6.07) is 12.8. The topological polar surface area (TPSA) is 169 Å². The summed E-state index contributed by atoms with van der Waals surface area (Å²) < 4.78 is 78.0. The standard InChI is InChI=1S/C46H66N2O12S.Na/c1-45(2,3)43-32-35(12-11-13-42-46(4,5)39-34-37(61(51,52)53)16-18-40(39)48(42)19-10-8-9-14-44(49)50)38-17-15-36(33-41(38)60-43)47(20-22-56-28-30-58-26-24-54-6)21-23-57-29-31-59-27-25-55-7;/h11-13,15-18,32-34H,8-10,14,19-31H2,1-7H3,(H-,49,50,51,52,53);/q;+1. The van der Waals surface area contributed by atoms with Crippen LogP contribution in [0.1, 0.15) is 77.2 Å². The van der Waals surface area contributed by atoms with Gasteiger partial charge in [0.1, 0.15) is 34.9 Å². The second-order valence-electron chi connectivity index (χ2n) is 16.4. The van der Waals surface area contributed by atoms with Crippen molar-refractivity contribution in [2.24, 2.45) is 0 Å². The number of hydrogen-bond acceptors (Lipinski definition) is 12. The predicted octanol–water partition coefficient (Wildman–Crippen LogP) is 3.06. The molecule has 16 heteroatoms. The summed E-state index contributed by atoms with van der Waals surface area (Å²) in [5, 5.41) is 10.1. The van der Waals surface area contributed by atoms with E-state index in [2.05, 4.69) is 60.6 Å². The maximum atomic E-state index is 12.0. The van der Waals surface area contributed by atoms with Crippen molar-refractivity contribution in [1.29, 1.82) is 0 Å². The molecule has 0 amide bonds. The minimum atomic E-state index is -4.66. The van der Waals surface area contributed by atoms with E-state index >= 15 is 0 Å². The van der Waals surface area contributed by atoms with Crippen LogP contribution in [-0.2, 0) is 54.2 Å². The molecule has 4 rings (SSSR count). The minimum Gasteiger partial charge on any atom is -0.744 e. The van der Waals surface area contributed by atoms with Crippen molar-refractivity contribution in [3.63, 3.8) is 0 Å². The van der Waals surface area contributed by atoms with Crippen molar-refractivity contribution in [2.75, 3.05) is 105 Å². The summed E-state index contributed by atoms with van der Waals surface area (Å²) in [6.07, 6.45) is 8.21. The van der Waals surface area contributed by atoms with Crippen LogP contribution in [0.4, 0.5) is 5.69 Å². The zero-order valence-corrected chi connectivity index (χ0v) is 40.9. The molecule has 2 aliphatic heterocycles. The second-order valence-corrected chi connectivity index (χ2v) is 17.8. The minimum absolute atomic E-state index is 0. The first-order valence-electron chi connectivity index (χ1n) is 21.0. The maximum Gasteiger partial charge on any atom is 1.00 e. The van der Waals surface area contributed by atoms with Gasteiger partial charge in [-0.3, -0.25) is 4.79 Å². The van der Waals surface area contributed by atoms with Crippen LogP contribution in [0.2, 0.25) is 0 Å². The molecule has 1 N–H and O–H groups in total. The van der Waals surface area contributed by atoms with Crippen molar-refractivity contribution in [2.45, 2.75) is 76.0 Å². The summed E-state index contributed by atoms with van der Waals surface area (Å²) in [5.74, 6) is 0.717. The molecular weight excluding hydrogens is 828 g/mol. The molecule has 62 heavy (non-hydrogen) atoms. The zero-order chi connectivity index (χ0) is 44.5. The third kappa shape index (κ3) is 16.3. The average Bonchev–Trinajstić information content (AvgIpc) is 3.41. The largest absolute Gasteiger partial charge is 1.00 e. The van der Waals surface area contributed by atoms with Gasteiger partial charge in [-0.15, -0.1) is 0 Å². The smallest absolute Gasteiger partial charge is 0.744 e. The number of carboxylic acid groups (broad SMARTS) is 1. The molecule has 1 aromatic rings. The molecule has 3 aliphatic rings. The Balaban J connectivity index is 0.0000102. The van der Waals surface area contributed by atoms with Gasteiger partial charge in [0.05, 0.1) is 63.8 Å². The molecule has 0 atom stereocenters.